The third-order valence-electron chi connectivity index (χ3n) is 4.36. The van der Waals surface area contributed by atoms with Crippen LogP contribution in [-0.4, -0.2) is 29.9 Å². The van der Waals surface area contributed by atoms with Crippen LogP contribution in [0.3, 0.4) is 0 Å². The summed E-state index contributed by atoms with van der Waals surface area (Å²) in [7, 11) is 0. The van der Waals surface area contributed by atoms with Gasteiger partial charge < -0.3 is 15.1 Å². The monoisotopic (exact) mass is 286 g/mol. The molecule has 1 aliphatic carbocycles. The van der Waals surface area contributed by atoms with E-state index in [4.69, 9.17) is 10.2 Å². The normalized spacial score (nSPS) is 16.2. The number of furan rings is 1. The molecule has 0 bridgehead atoms. The number of hydrogen-bond acceptors (Lipinski definition) is 3. The van der Waals surface area contributed by atoms with Crippen LogP contribution in [0, 0.1) is 0 Å². The molecule has 0 unspecified atom stereocenters. The lowest BCUT2D eigenvalue weighted by atomic mass is 9.93. The van der Waals surface area contributed by atoms with Gasteiger partial charge in [0.15, 0.2) is 0 Å². The summed E-state index contributed by atoms with van der Waals surface area (Å²) in [6.07, 6.45) is 7.43. The quantitative estimate of drug-likeness (QED) is 0.939. The molecule has 4 nitrogen and oxygen atoms in total. The van der Waals surface area contributed by atoms with Gasteiger partial charge in [-0.15, -0.1) is 0 Å². The zero-order valence-electron chi connectivity index (χ0n) is 12.3. The Bertz CT molecular complexity index is 614. The van der Waals surface area contributed by atoms with E-state index in [0.29, 0.717) is 24.7 Å². The molecule has 0 aliphatic heterocycles. The molecule has 1 aromatic carbocycles. The van der Waals surface area contributed by atoms with Crippen molar-refractivity contribution < 1.29 is 9.21 Å². The number of fused-ring (bicyclic) bond motifs is 1. The Hall–Kier alpha value is -1.81. The van der Waals surface area contributed by atoms with Crippen LogP contribution in [-0.2, 0) is 0 Å². The van der Waals surface area contributed by atoms with Crippen molar-refractivity contribution in [1.82, 2.24) is 4.90 Å². The summed E-state index contributed by atoms with van der Waals surface area (Å²) >= 11 is 0. The van der Waals surface area contributed by atoms with Gasteiger partial charge in [0.25, 0.3) is 5.91 Å². The van der Waals surface area contributed by atoms with E-state index in [1.54, 1.807) is 6.26 Å². The number of para-hydroxylation sites is 1. The van der Waals surface area contributed by atoms with Crippen molar-refractivity contribution in [2.45, 2.75) is 38.1 Å². The smallest absolute Gasteiger partial charge is 0.258 e. The summed E-state index contributed by atoms with van der Waals surface area (Å²) in [5.74, 6) is 0.0531. The molecule has 1 amide bonds. The zero-order valence-corrected chi connectivity index (χ0v) is 12.3. The SMILES string of the molecule is NCCN(C(=O)c1coc2ccccc12)C1CCCCC1. The number of nitrogens with two attached hydrogens (primary N) is 1. The van der Waals surface area contributed by atoms with E-state index in [9.17, 15) is 4.79 Å². The van der Waals surface area contributed by atoms with Crippen LogP contribution < -0.4 is 5.73 Å². The molecule has 1 aromatic heterocycles. The molecule has 0 saturated heterocycles. The maximum atomic E-state index is 12.9. The van der Waals surface area contributed by atoms with Gasteiger partial charge in [0.05, 0.1) is 5.56 Å². The highest BCUT2D eigenvalue weighted by Gasteiger charge is 2.27. The fourth-order valence-electron chi connectivity index (χ4n) is 3.28. The number of carbonyl (C=O) groups is 1. The minimum atomic E-state index is 0.0531. The summed E-state index contributed by atoms with van der Waals surface area (Å²) in [5, 5.41) is 0.889. The second-order valence-corrected chi connectivity index (χ2v) is 5.72. The van der Waals surface area contributed by atoms with Crippen molar-refractivity contribution in [3.63, 3.8) is 0 Å². The van der Waals surface area contributed by atoms with Crippen molar-refractivity contribution in [3.8, 4) is 0 Å². The third kappa shape index (κ3) is 2.81. The number of benzene rings is 1. The molecule has 2 N–H and O–H groups in total. The van der Waals surface area contributed by atoms with Crippen LogP contribution in [0.15, 0.2) is 34.9 Å². The number of rotatable bonds is 4. The summed E-state index contributed by atoms with van der Waals surface area (Å²) in [6, 6.07) is 8.00. The lowest BCUT2D eigenvalue weighted by Crippen LogP contribution is -2.44. The Morgan fingerprint density at radius 1 is 1.24 bits per heavy atom. The maximum Gasteiger partial charge on any atom is 0.258 e. The van der Waals surface area contributed by atoms with Crippen LogP contribution in [0.25, 0.3) is 11.0 Å². The Morgan fingerprint density at radius 3 is 2.76 bits per heavy atom. The predicted molar refractivity (Wildman–Crippen MR) is 83.2 cm³/mol. The Labute approximate surface area is 124 Å². The summed E-state index contributed by atoms with van der Waals surface area (Å²) in [4.78, 5) is 14.9. The van der Waals surface area contributed by atoms with Crippen LogP contribution >= 0.6 is 0 Å². The zero-order chi connectivity index (χ0) is 14.7. The van der Waals surface area contributed by atoms with Gasteiger partial charge in [-0.2, -0.15) is 0 Å². The number of carbonyl (C=O) groups excluding carboxylic acids is 1. The standard InChI is InChI=1S/C17H22N2O2/c18-10-11-19(13-6-2-1-3-7-13)17(20)15-12-21-16-9-5-4-8-14(15)16/h4-5,8-9,12-13H,1-3,6-7,10-11,18H2. The van der Waals surface area contributed by atoms with Crippen LogP contribution in [0.2, 0.25) is 0 Å². The van der Waals surface area contributed by atoms with Gasteiger partial charge in [0, 0.05) is 24.5 Å². The lowest BCUT2D eigenvalue weighted by molar-refractivity contribution is 0.0642. The van der Waals surface area contributed by atoms with E-state index in [1.165, 1.54) is 19.3 Å². The van der Waals surface area contributed by atoms with Gasteiger partial charge in [0.1, 0.15) is 11.8 Å². The minimum Gasteiger partial charge on any atom is -0.463 e. The van der Waals surface area contributed by atoms with Gasteiger partial charge in [0.2, 0.25) is 0 Å². The van der Waals surface area contributed by atoms with Crippen molar-refractivity contribution in [1.29, 1.82) is 0 Å². The molecule has 3 rings (SSSR count). The van der Waals surface area contributed by atoms with E-state index < -0.39 is 0 Å². The second-order valence-electron chi connectivity index (χ2n) is 5.72. The van der Waals surface area contributed by atoms with Crippen LogP contribution in [0.4, 0.5) is 0 Å². The highest BCUT2D eigenvalue weighted by molar-refractivity contribution is 6.06. The third-order valence-corrected chi connectivity index (χ3v) is 4.36. The first kappa shape index (κ1) is 14.1. The Morgan fingerprint density at radius 2 is 2.00 bits per heavy atom. The average Bonchev–Trinajstić information content (AvgIpc) is 2.97. The topological polar surface area (TPSA) is 59.5 Å². The molecular formula is C17H22N2O2. The Kier molecular flexibility index (Phi) is 4.25. The van der Waals surface area contributed by atoms with Crippen LogP contribution in [0.1, 0.15) is 42.5 Å². The molecule has 1 fully saturated rings. The van der Waals surface area contributed by atoms with Crippen LogP contribution in [0.5, 0.6) is 0 Å². The summed E-state index contributed by atoms with van der Waals surface area (Å²) in [6.45, 7) is 1.11. The highest BCUT2D eigenvalue weighted by Crippen LogP contribution is 2.27. The minimum absolute atomic E-state index is 0.0531. The van der Waals surface area contributed by atoms with Crippen molar-refractivity contribution in [2.75, 3.05) is 13.1 Å². The fourth-order valence-corrected chi connectivity index (χ4v) is 3.28. The molecule has 2 aromatic rings. The second kappa shape index (κ2) is 6.31. The fraction of sp³-hybridized carbons (Fsp3) is 0.471. The van der Waals surface area contributed by atoms with Gasteiger partial charge in [-0.3, -0.25) is 4.79 Å². The molecule has 112 valence electrons. The highest BCUT2D eigenvalue weighted by atomic mass is 16.3. The molecule has 0 spiro atoms. The van der Waals surface area contributed by atoms with Gasteiger partial charge in [-0.05, 0) is 18.9 Å². The summed E-state index contributed by atoms with van der Waals surface area (Å²) < 4.78 is 5.51. The average molecular weight is 286 g/mol. The van der Waals surface area contributed by atoms with Crippen molar-refractivity contribution >= 4 is 16.9 Å². The summed E-state index contributed by atoms with van der Waals surface area (Å²) in [5.41, 5.74) is 7.14. The molecular weight excluding hydrogens is 264 g/mol. The first-order chi connectivity index (χ1) is 10.3. The molecule has 21 heavy (non-hydrogen) atoms. The largest absolute Gasteiger partial charge is 0.463 e. The first-order valence-corrected chi connectivity index (χ1v) is 7.78. The van der Waals surface area contributed by atoms with E-state index in [-0.39, 0.29) is 5.91 Å². The number of amides is 1. The molecule has 0 radical (unpaired) electrons. The Balaban J connectivity index is 1.89. The van der Waals surface area contributed by atoms with Crippen molar-refractivity contribution in [2.24, 2.45) is 5.73 Å². The lowest BCUT2D eigenvalue weighted by Gasteiger charge is -2.34. The van der Waals surface area contributed by atoms with E-state index in [1.807, 2.05) is 29.2 Å². The molecule has 0 atom stereocenters. The maximum absolute atomic E-state index is 12.9. The molecule has 4 heteroatoms. The number of hydrogen-bond donors (Lipinski definition) is 1. The molecule has 1 saturated carbocycles. The molecule has 1 aliphatic rings. The molecule has 1 heterocycles. The first-order valence-electron chi connectivity index (χ1n) is 7.78. The van der Waals surface area contributed by atoms with E-state index in [0.717, 1.165) is 23.8 Å². The predicted octanol–water partition coefficient (Wildman–Crippen LogP) is 3.17. The van der Waals surface area contributed by atoms with Gasteiger partial charge in [-0.25, -0.2) is 0 Å². The van der Waals surface area contributed by atoms with Crippen molar-refractivity contribution in [3.05, 3.63) is 36.1 Å². The van der Waals surface area contributed by atoms with E-state index >= 15 is 0 Å². The van der Waals surface area contributed by atoms with E-state index in [2.05, 4.69) is 0 Å². The van der Waals surface area contributed by atoms with Gasteiger partial charge in [-0.1, -0.05) is 37.5 Å². The van der Waals surface area contributed by atoms with Gasteiger partial charge >= 0.3 is 0 Å². The number of nitrogens with zero attached hydrogens (tertiary/aromatic N) is 1.